The molecule has 80 valence electrons. The summed E-state index contributed by atoms with van der Waals surface area (Å²) in [7, 11) is 0. The summed E-state index contributed by atoms with van der Waals surface area (Å²) in [6, 6.07) is 6.12. The Balaban J connectivity index is 2.50. The van der Waals surface area contributed by atoms with Crippen LogP contribution in [0.2, 0.25) is 0 Å². The number of carbonyl (C=O) groups is 1. The molecule has 0 saturated heterocycles. The van der Waals surface area contributed by atoms with Crippen LogP contribution in [-0.2, 0) is 4.79 Å². The fourth-order valence-corrected chi connectivity index (χ4v) is 2.16. The van der Waals surface area contributed by atoms with Crippen LogP contribution >= 0.6 is 15.9 Å². The lowest BCUT2D eigenvalue weighted by Crippen LogP contribution is -2.44. The molecule has 0 aromatic heterocycles. The molecule has 1 aliphatic rings. The van der Waals surface area contributed by atoms with Crippen molar-refractivity contribution in [2.45, 2.75) is 19.9 Å². The first-order valence-electron chi connectivity index (χ1n) is 4.95. The van der Waals surface area contributed by atoms with E-state index >= 15 is 0 Å². The Morgan fingerprint density at radius 3 is 2.87 bits per heavy atom. The predicted molar refractivity (Wildman–Crippen MR) is 65.3 cm³/mol. The second-order valence-corrected chi connectivity index (χ2v) is 4.79. The zero-order valence-electron chi connectivity index (χ0n) is 8.75. The van der Waals surface area contributed by atoms with Crippen molar-refractivity contribution in [1.29, 1.82) is 0 Å². The molecular weight excluding hydrogens is 256 g/mol. The summed E-state index contributed by atoms with van der Waals surface area (Å²) in [5.41, 5.74) is 1.97. The highest BCUT2D eigenvalue weighted by Gasteiger charge is 2.25. The average Bonchev–Trinajstić information content (AvgIpc) is 2.16. The van der Waals surface area contributed by atoms with Gasteiger partial charge < -0.3 is 10.2 Å². The smallest absolute Gasteiger partial charge is 0.246 e. The molecule has 0 atom stereocenters. The fourth-order valence-electron chi connectivity index (χ4n) is 1.81. The third kappa shape index (κ3) is 1.86. The Hall–Kier alpha value is -1.03. The number of amides is 1. The molecule has 1 aromatic carbocycles. The predicted octanol–water partition coefficient (Wildman–Crippen LogP) is 2.62. The number of nitrogens with zero attached hydrogens (tertiary/aromatic N) is 1. The van der Waals surface area contributed by atoms with Gasteiger partial charge in [0, 0.05) is 10.5 Å². The quantitative estimate of drug-likeness (QED) is 0.850. The SMILES string of the molecule is CC(C)N1C(=O)CNc2ccc(Br)cc21. The van der Waals surface area contributed by atoms with Crippen molar-refractivity contribution >= 4 is 33.2 Å². The largest absolute Gasteiger partial charge is 0.374 e. The zero-order chi connectivity index (χ0) is 11.0. The van der Waals surface area contributed by atoms with Crippen LogP contribution in [0.15, 0.2) is 22.7 Å². The highest BCUT2D eigenvalue weighted by molar-refractivity contribution is 9.10. The summed E-state index contributed by atoms with van der Waals surface area (Å²) >= 11 is 3.42. The number of hydrogen-bond acceptors (Lipinski definition) is 2. The van der Waals surface area contributed by atoms with Crippen LogP contribution < -0.4 is 10.2 Å². The van der Waals surface area contributed by atoms with Crippen LogP contribution in [-0.4, -0.2) is 18.5 Å². The summed E-state index contributed by atoms with van der Waals surface area (Å²) in [6.07, 6.45) is 0. The zero-order valence-corrected chi connectivity index (χ0v) is 10.3. The average molecular weight is 269 g/mol. The molecule has 0 fully saturated rings. The Bertz CT molecular complexity index is 404. The number of rotatable bonds is 1. The lowest BCUT2D eigenvalue weighted by atomic mass is 10.1. The minimum atomic E-state index is 0.121. The molecule has 0 bridgehead atoms. The molecule has 0 spiro atoms. The molecule has 1 aromatic rings. The molecule has 0 aliphatic carbocycles. The van der Waals surface area contributed by atoms with Gasteiger partial charge in [-0.05, 0) is 32.0 Å². The second-order valence-electron chi connectivity index (χ2n) is 3.87. The summed E-state index contributed by atoms with van der Waals surface area (Å²) in [4.78, 5) is 13.6. The number of fused-ring (bicyclic) bond motifs is 1. The van der Waals surface area contributed by atoms with E-state index in [-0.39, 0.29) is 11.9 Å². The number of halogens is 1. The summed E-state index contributed by atoms with van der Waals surface area (Å²) < 4.78 is 0.989. The molecule has 4 heteroatoms. The van der Waals surface area contributed by atoms with Gasteiger partial charge in [0.05, 0.1) is 17.9 Å². The maximum atomic E-state index is 11.8. The molecule has 1 aliphatic heterocycles. The molecule has 0 saturated carbocycles. The Kier molecular flexibility index (Phi) is 2.69. The molecule has 3 nitrogen and oxygen atoms in total. The minimum Gasteiger partial charge on any atom is -0.374 e. The van der Waals surface area contributed by atoms with E-state index in [0.29, 0.717) is 6.54 Å². The second kappa shape index (κ2) is 3.85. The Morgan fingerprint density at radius 1 is 1.47 bits per heavy atom. The van der Waals surface area contributed by atoms with Crippen molar-refractivity contribution in [2.75, 3.05) is 16.8 Å². The summed E-state index contributed by atoms with van der Waals surface area (Å²) in [6.45, 7) is 4.43. The van der Waals surface area contributed by atoms with Crippen LogP contribution in [0.1, 0.15) is 13.8 Å². The lowest BCUT2D eigenvalue weighted by molar-refractivity contribution is -0.117. The van der Waals surface area contributed by atoms with E-state index in [9.17, 15) is 4.79 Å². The molecule has 15 heavy (non-hydrogen) atoms. The molecule has 1 heterocycles. The van der Waals surface area contributed by atoms with Crippen LogP contribution in [0, 0.1) is 0 Å². The maximum Gasteiger partial charge on any atom is 0.246 e. The van der Waals surface area contributed by atoms with E-state index in [1.54, 1.807) is 0 Å². The number of nitrogens with one attached hydrogen (secondary N) is 1. The van der Waals surface area contributed by atoms with E-state index in [4.69, 9.17) is 0 Å². The van der Waals surface area contributed by atoms with Crippen LogP contribution in [0.25, 0.3) is 0 Å². The van der Waals surface area contributed by atoms with Crippen molar-refractivity contribution < 1.29 is 4.79 Å². The van der Waals surface area contributed by atoms with Crippen molar-refractivity contribution in [1.82, 2.24) is 0 Å². The molecule has 1 amide bonds. The van der Waals surface area contributed by atoms with E-state index in [1.807, 2.05) is 36.9 Å². The molecule has 0 radical (unpaired) electrons. The summed E-state index contributed by atoms with van der Waals surface area (Å²) in [5, 5.41) is 3.11. The van der Waals surface area contributed by atoms with Gasteiger partial charge in [0.1, 0.15) is 0 Å². The van der Waals surface area contributed by atoms with Gasteiger partial charge >= 0.3 is 0 Å². The van der Waals surface area contributed by atoms with Crippen molar-refractivity contribution in [3.05, 3.63) is 22.7 Å². The normalized spacial score (nSPS) is 15.2. The molecule has 0 unspecified atom stereocenters. The fraction of sp³-hybridized carbons (Fsp3) is 0.364. The number of hydrogen-bond donors (Lipinski definition) is 1. The first-order chi connectivity index (χ1) is 7.09. The van der Waals surface area contributed by atoms with E-state index in [1.165, 1.54) is 0 Å². The standard InChI is InChI=1S/C11H13BrN2O/c1-7(2)14-10-5-8(12)3-4-9(10)13-6-11(14)15/h3-5,7,13H,6H2,1-2H3. The first kappa shape index (κ1) is 10.5. The van der Waals surface area contributed by atoms with Crippen LogP contribution in [0.5, 0.6) is 0 Å². The minimum absolute atomic E-state index is 0.121. The third-order valence-electron chi connectivity index (χ3n) is 2.43. The van der Waals surface area contributed by atoms with Gasteiger partial charge in [-0.2, -0.15) is 0 Å². The van der Waals surface area contributed by atoms with Crippen molar-refractivity contribution in [3.8, 4) is 0 Å². The highest BCUT2D eigenvalue weighted by Crippen LogP contribution is 2.33. The van der Waals surface area contributed by atoms with Crippen molar-refractivity contribution in [3.63, 3.8) is 0 Å². The maximum absolute atomic E-state index is 11.8. The third-order valence-corrected chi connectivity index (χ3v) is 2.93. The first-order valence-corrected chi connectivity index (χ1v) is 5.74. The van der Waals surface area contributed by atoms with Crippen LogP contribution in [0.4, 0.5) is 11.4 Å². The van der Waals surface area contributed by atoms with Gasteiger partial charge in [-0.1, -0.05) is 15.9 Å². The highest BCUT2D eigenvalue weighted by atomic mass is 79.9. The van der Waals surface area contributed by atoms with Gasteiger partial charge in [0.2, 0.25) is 5.91 Å². The lowest BCUT2D eigenvalue weighted by Gasteiger charge is -2.33. The number of anilines is 2. The van der Waals surface area contributed by atoms with Crippen LogP contribution in [0.3, 0.4) is 0 Å². The van der Waals surface area contributed by atoms with Crippen molar-refractivity contribution in [2.24, 2.45) is 0 Å². The van der Waals surface area contributed by atoms with Gasteiger partial charge in [-0.15, -0.1) is 0 Å². The number of carbonyl (C=O) groups excluding carboxylic acids is 1. The molecule has 1 N–H and O–H groups in total. The van der Waals surface area contributed by atoms with E-state index in [2.05, 4.69) is 21.2 Å². The van der Waals surface area contributed by atoms with Gasteiger partial charge in [-0.3, -0.25) is 4.79 Å². The van der Waals surface area contributed by atoms with E-state index < -0.39 is 0 Å². The Morgan fingerprint density at radius 2 is 2.20 bits per heavy atom. The topological polar surface area (TPSA) is 32.3 Å². The van der Waals surface area contributed by atoms with Gasteiger partial charge in [-0.25, -0.2) is 0 Å². The van der Waals surface area contributed by atoms with E-state index in [0.717, 1.165) is 15.8 Å². The van der Waals surface area contributed by atoms with Gasteiger partial charge in [0.25, 0.3) is 0 Å². The molecule has 2 rings (SSSR count). The Labute approximate surface area is 97.6 Å². The van der Waals surface area contributed by atoms with Gasteiger partial charge in [0.15, 0.2) is 0 Å². The summed E-state index contributed by atoms with van der Waals surface area (Å²) in [5.74, 6) is 0.121. The number of benzene rings is 1. The monoisotopic (exact) mass is 268 g/mol. The molecular formula is C11H13BrN2O.